The van der Waals surface area contributed by atoms with E-state index in [1.807, 2.05) is 6.92 Å². The van der Waals surface area contributed by atoms with E-state index in [1.54, 1.807) is 6.08 Å². The van der Waals surface area contributed by atoms with Crippen LogP contribution in [0.4, 0.5) is 0 Å². The number of fused-ring (bicyclic) bond motifs is 2. The number of carboxylic acids is 1. The van der Waals surface area contributed by atoms with Crippen LogP contribution in [-0.2, 0) is 9.59 Å². The van der Waals surface area contributed by atoms with Gasteiger partial charge in [0, 0.05) is 11.8 Å². The van der Waals surface area contributed by atoms with Crippen molar-refractivity contribution in [3.05, 3.63) is 11.6 Å². The Balaban J connectivity index is 1.49. The molecule has 5 aliphatic carbocycles. The van der Waals surface area contributed by atoms with Gasteiger partial charge in [-0.15, -0.1) is 0 Å². The van der Waals surface area contributed by atoms with Gasteiger partial charge in [0.05, 0.1) is 18.6 Å². The predicted molar refractivity (Wildman–Crippen MR) is 107 cm³/mol. The maximum atomic E-state index is 13.7. The second kappa shape index (κ2) is 6.16. The molecule has 5 rings (SSSR count). The first-order valence-electron chi connectivity index (χ1n) is 11.4. The molecular formula is C24H34O5. The fraction of sp³-hybridized carbons (Fsp3) is 0.833. The molecule has 160 valence electrons. The van der Waals surface area contributed by atoms with E-state index in [-0.39, 0.29) is 47.2 Å². The molecule has 3 N–H and O–H groups in total. The minimum absolute atomic E-state index is 0.000376. The highest BCUT2D eigenvalue weighted by Crippen LogP contribution is 2.84. The Hall–Kier alpha value is -1.20. The first-order chi connectivity index (χ1) is 13.7. The van der Waals surface area contributed by atoms with Crippen molar-refractivity contribution >= 4 is 11.8 Å². The molecule has 0 aromatic rings. The molecule has 9 atom stereocenters. The Kier molecular flexibility index (Phi) is 4.20. The lowest BCUT2D eigenvalue weighted by atomic mass is 9.48. The fourth-order valence-corrected chi connectivity index (χ4v) is 9.02. The van der Waals surface area contributed by atoms with E-state index in [4.69, 9.17) is 5.11 Å². The summed E-state index contributed by atoms with van der Waals surface area (Å²) in [5.74, 6) is 0.290. The van der Waals surface area contributed by atoms with Crippen LogP contribution >= 0.6 is 0 Å². The number of aliphatic hydroxyl groups is 2. The van der Waals surface area contributed by atoms with Crippen molar-refractivity contribution in [2.75, 3.05) is 0 Å². The Bertz CT molecular complexity index is 788. The molecule has 2 spiro atoms. The summed E-state index contributed by atoms with van der Waals surface area (Å²) in [5, 5.41) is 30.5. The number of hydrogen-bond donors (Lipinski definition) is 3. The summed E-state index contributed by atoms with van der Waals surface area (Å²) in [5.41, 5.74) is 0.654. The highest BCUT2D eigenvalue weighted by molar-refractivity contribution is 5.88. The summed E-state index contributed by atoms with van der Waals surface area (Å²) >= 11 is 0. The average molecular weight is 403 g/mol. The molecule has 0 heterocycles. The number of allylic oxidation sites excluding steroid dienone is 1. The zero-order valence-corrected chi connectivity index (χ0v) is 17.6. The quantitative estimate of drug-likeness (QED) is 0.630. The molecule has 5 heteroatoms. The van der Waals surface area contributed by atoms with E-state index >= 15 is 0 Å². The Morgan fingerprint density at radius 1 is 1.17 bits per heavy atom. The second-order valence-corrected chi connectivity index (χ2v) is 11.1. The molecule has 5 saturated carbocycles. The number of carboxylic acid groups (broad SMARTS) is 1. The standard InChI is InChI=1S/C24H34O5/c1-13(3-6-20(28)29)16-4-5-17-21-18(26)10-14-9-15(25)7-8-23(14)12-24(21,23)11-19(27)22(16,17)2/h3,14-18,21,25-26H,4-12H2,1-2H3,(H,28,29). The van der Waals surface area contributed by atoms with Crippen LogP contribution in [-0.4, -0.2) is 39.3 Å². The van der Waals surface area contributed by atoms with E-state index in [9.17, 15) is 19.8 Å². The number of aliphatic carboxylic acids is 1. The van der Waals surface area contributed by atoms with Gasteiger partial charge in [-0.05, 0) is 86.4 Å². The summed E-state index contributed by atoms with van der Waals surface area (Å²) in [6.07, 6.45) is 7.98. The van der Waals surface area contributed by atoms with E-state index in [2.05, 4.69) is 6.92 Å². The fourth-order valence-electron chi connectivity index (χ4n) is 9.02. The lowest BCUT2D eigenvalue weighted by Gasteiger charge is -2.56. The highest BCUT2D eigenvalue weighted by atomic mass is 16.4. The van der Waals surface area contributed by atoms with Gasteiger partial charge < -0.3 is 15.3 Å². The summed E-state index contributed by atoms with van der Waals surface area (Å²) in [6.45, 7) is 4.08. The summed E-state index contributed by atoms with van der Waals surface area (Å²) in [7, 11) is 0. The van der Waals surface area contributed by atoms with Crippen molar-refractivity contribution in [2.24, 2.45) is 39.9 Å². The van der Waals surface area contributed by atoms with Crippen molar-refractivity contribution in [3.8, 4) is 0 Å². The van der Waals surface area contributed by atoms with Crippen LogP contribution in [0.15, 0.2) is 11.6 Å². The number of carbonyl (C=O) groups excluding carboxylic acids is 1. The maximum absolute atomic E-state index is 13.7. The van der Waals surface area contributed by atoms with Gasteiger partial charge in [-0.1, -0.05) is 18.6 Å². The van der Waals surface area contributed by atoms with Gasteiger partial charge in [0.2, 0.25) is 0 Å². The Morgan fingerprint density at radius 2 is 1.93 bits per heavy atom. The summed E-state index contributed by atoms with van der Waals surface area (Å²) in [4.78, 5) is 24.7. The lowest BCUT2D eigenvalue weighted by Crippen LogP contribution is -2.57. The molecule has 0 saturated heterocycles. The van der Waals surface area contributed by atoms with Crippen LogP contribution in [0.3, 0.4) is 0 Å². The van der Waals surface area contributed by atoms with Gasteiger partial charge in [-0.3, -0.25) is 9.59 Å². The topological polar surface area (TPSA) is 94.8 Å². The molecule has 0 aromatic carbocycles. The number of Topliss-reactive ketones (excluding diaryl/α,β-unsaturated/α-hetero) is 1. The maximum Gasteiger partial charge on any atom is 0.307 e. The average Bonchev–Trinajstić information content (AvgIpc) is 3.15. The molecule has 5 nitrogen and oxygen atoms in total. The molecule has 5 aliphatic rings. The largest absolute Gasteiger partial charge is 0.481 e. The number of carbonyl (C=O) groups is 2. The second-order valence-electron chi connectivity index (χ2n) is 11.1. The summed E-state index contributed by atoms with van der Waals surface area (Å²) in [6, 6.07) is 0. The number of aliphatic hydroxyl groups excluding tert-OH is 2. The third-order valence-corrected chi connectivity index (χ3v) is 10.3. The zero-order valence-electron chi connectivity index (χ0n) is 17.6. The predicted octanol–water partition coefficient (Wildman–Crippen LogP) is 3.33. The van der Waals surface area contributed by atoms with Crippen LogP contribution in [0.1, 0.15) is 71.6 Å². The van der Waals surface area contributed by atoms with E-state index in [1.165, 1.54) is 0 Å². The summed E-state index contributed by atoms with van der Waals surface area (Å²) < 4.78 is 0. The minimum Gasteiger partial charge on any atom is -0.481 e. The monoisotopic (exact) mass is 402 g/mol. The third kappa shape index (κ3) is 2.40. The van der Waals surface area contributed by atoms with Gasteiger partial charge >= 0.3 is 5.97 Å². The van der Waals surface area contributed by atoms with Gasteiger partial charge in [-0.25, -0.2) is 0 Å². The van der Waals surface area contributed by atoms with Crippen molar-refractivity contribution in [3.63, 3.8) is 0 Å². The van der Waals surface area contributed by atoms with E-state index < -0.39 is 11.4 Å². The van der Waals surface area contributed by atoms with Crippen LogP contribution < -0.4 is 0 Å². The molecule has 0 aliphatic heterocycles. The molecule has 0 amide bonds. The molecule has 29 heavy (non-hydrogen) atoms. The van der Waals surface area contributed by atoms with E-state index in [0.717, 1.165) is 50.5 Å². The first-order valence-corrected chi connectivity index (χ1v) is 11.4. The van der Waals surface area contributed by atoms with Gasteiger partial charge in [-0.2, -0.15) is 0 Å². The third-order valence-electron chi connectivity index (χ3n) is 10.3. The Morgan fingerprint density at radius 3 is 2.66 bits per heavy atom. The SMILES string of the molecule is CC(=CCC(=O)O)C1CCC2C3C(O)CC4CC(O)CCC45CC35CC(=O)C12C. The first kappa shape index (κ1) is 19.7. The lowest BCUT2D eigenvalue weighted by molar-refractivity contribution is -0.161. The number of hydrogen-bond acceptors (Lipinski definition) is 4. The van der Waals surface area contributed by atoms with E-state index in [0.29, 0.717) is 18.1 Å². The van der Waals surface area contributed by atoms with Gasteiger partial charge in [0.15, 0.2) is 0 Å². The molecule has 9 unspecified atom stereocenters. The van der Waals surface area contributed by atoms with Gasteiger partial charge in [0.25, 0.3) is 0 Å². The zero-order chi connectivity index (χ0) is 20.8. The molecule has 0 aromatic heterocycles. The minimum atomic E-state index is -0.842. The molecule has 0 bridgehead atoms. The van der Waals surface area contributed by atoms with Crippen LogP contribution in [0.25, 0.3) is 0 Å². The van der Waals surface area contributed by atoms with Gasteiger partial charge in [0.1, 0.15) is 5.78 Å². The number of ketones is 1. The molecule has 5 fully saturated rings. The van der Waals surface area contributed by atoms with Crippen molar-refractivity contribution in [1.29, 1.82) is 0 Å². The Labute approximate surface area is 172 Å². The van der Waals surface area contributed by atoms with Crippen molar-refractivity contribution in [1.82, 2.24) is 0 Å². The smallest absolute Gasteiger partial charge is 0.307 e. The van der Waals surface area contributed by atoms with Crippen molar-refractivity contribution < 1.29 is 24.9 Å². The molecule has 0 radical (unpaired) electrons. The normalized spacial score (nSPS) is 53.5. The highest BCUT2D eigenvalue weighted by Gasteiger charge is 2.81. The van der Waals surface area contributed by atoms with Crippen LogP contribution in [0.2, 0.25) is 0 Å². The van der Waals surface area contributed by atoms with Crippen molar-refractivity contribution in [2.45, 2.75) is 83.8 Å². The van der Waals surface area contributed by atoms with Crippen LogP contribution in [0.5, 0.6) is 0 Å². The molecular weight excluding hydrogens is 368 g/mol. The number of rotatable bonds is 3. The van der Waals surface area contributed by atoms with Crippen LogP contribution in [0, 0.1) is 39.9 Å².